The molecule has 198 valence electrons. The van der Waals surface area contributed by atoms with Gasteiger partial charge in [0.05, 0.1) is 5.41 Å². The Labute approximate surface area is 246 Å². The Morgan fingerprint density at radius 3 is 1.67 bits per heavy atom. The van der Waals surface area contributed by atoms with Crippen LogP contribution in [-0.4, -0.2) is 0 Å². The highest BCUT2D eigenvalue weighted by Gasteiger charge is 2.45. The van der Waals surface area contributed by atoms with E-state index < -0.39 is 5.41 Å². The van der Waals surface area contributed by atoms with Crippen LogP contribution in [0.3, 0.4) is 0 Å². The molecule has 0 unspecified atom stereocenters. The van der Waals surface area contributed by atoms with E-state index in [2.05, 4.69) is 175 Å². The summed E-state index contributed by atoms with van der Waals surface area (Å²) >= 11 is 0. The molecule has 7 aromatic carbocycles. The number of hydrogen-bond acceptors (Lipinski definition) is 1. The van der Waals surface area contributed by atoms with Gasteiger partial charge in [-0.05, 0) is 85.6 Å². The van der Waals surface area contributed by atoms with Crippen LogP contribution in [0.25, 0.3) is 33.0 Å². The molecule has 1 heteroatoms. The van der Waals surface area contributed by atoms with Crippen LogP contribution >= 0.6 is 0 Å². The highest BCUT2D eigenvalue weighted by molar-refractivity contribution is 5.89. The zero-order valence-electron chi connectivity index (χ0n) is 23.2. The molecule has 42 heavy (non-hydrogen) atoms. The van der Waals surface area contributed by atoms with E-state index in [0.717, 1.165) is 11.4 Å². The summed E-state index contributed by atoms with van der Waals surface area (Å²) in [6, 6.07) is 61.6. The average Bonchev–Trinajstić information content (AvgIpc) is 3.36. The van der Waals surface area contributed by atoms with Crippen molar-refractivity contribution in [2.24, 2.45) is 0 Å². The van der Waals surface area contributed by atoms with Crippen LogP contribution in [0.4, 0.5) is 11.4 Å². The first-order valence-electron chi connectivity index (χ1n) is 14.5. The minimum absolute atomic E-state index is 0.397. The predicted octanol–water partition coefficient (Wildman–Crippen LogP) is 10.6. The van der Waals surface area contributed by atoms with E-state index in [1.54, 1.807) is 0 Å². The summed E-state index contributed by atoms with van der Waals surface area (Å²) in [7, 11) is 0. The molecule has 1 N–H and O–H groups in total. The van der Waals surface area contributed by atoms with Crippen molar-refractivity contribution in [3.63, 3.8) is 0 Å². The maximum Gasteiger partial charge on any atom is 0.0714 e. The Morgan fingerprint density at radius 1 is 0.357 bits per heavy atom. The van der Waals surface area contributed by atoms with Gasteiger partial charge in [-0.3, -0.25) is 0 Å². The Kier molecular flexibility index (Phi) is 5.75. The minimum Gasteiger partial charge on any atom is -0.356 e. The van der Waals surface area contributed by atoms with Gasteiger partial charge in [-0.25, -0.2) is 0 Å². The van der Waals surface area contributed by atoms with E-state index in [4.69, 9.17) is 0 Å². The summed E-state index contributed by atoms with van der Waals surface area (Å²) < 4.78 is 0. The normalized spacial score (nSPS) is 13.0. The molecule has 8 rings (SSSR count). The second-order valence-electron chi connectivity index (χ2n) is 11.1. The molecular formula is C41H29N. The van der Waals surface area contributed by atoms with Crippen molar-refractivity contribution in [1.29, 1.82) is 0 Å². The van der Waals surface area contributed by atoms with Gasteiger partial charge >= 0.3 is 0 Å². The van der Waals surface area contributed by atoms with Crippen molar-refractivity contribution >= 4 is 22.1 Å². The molecule has 1 aliphatic rings. The summed E-state index contributed by atoms with van der Waals surface area (Å²) in [5, 5.41) is 6.23. The van der Waals surface area contributed by atoms with Gasteiger partial charge in [-0.15, -0.1) is 0 Å². The van der Waals surface area contributed by atoms with Crippen LogP contribution in [0.2, 0.25) is 0 Å². The fourth-order valence-corrected chi connectivity index (χ4v) is 6.80. The number of anilines is 2. The summed E-state index contributed by atoms with van der Waals surface area (Å²) in [5.74, 6) is 0. The fourth-order valence-electron chi connectivity index (χ4n) is 6.80. The molecule has 0 saturated heterocycles. The Balaban J connectivity index is 1.21. The number of rotatable bonds is 5. The molecule has 7 aromatic rings. The van der Waals surface area contributed by atoms with E-state index >= 15 is 0 Å². The van der Waals surface area contributed by atoms with Crippen LogP contribution in [-0.2, 0) is 5.41 Å². The molecular weight excluding hydrogens is 506 g/mol. The van der Waals surface area contributed by atoms with Gasteiger partial charge < -0.3 is 5.32 Å². The van der Waals surface area contributed by atoms with Crippen LogP contribution in [0.15, 0.2) is 170 Å². The Bertz CT molecular complexity index is 2000. The van der Waals surface area contributed by atoms with Crippen LogP contribution in [0, 0.1) is 0 Å². The lowest BCUT2D eigenvalue weighted by molar-refractivity contribution is 0.769. The largest absolute Gasteiger partial charge is 0.356 e. The molecule has 0 amide bonds. The zero-order valence-corrected chi connectivity index (χ0v) is 23.2. The third kappa shape index (κ3) is 3.86. The van der Waals surface area contributed by atoms with Crippen molar-refractivity contribution in [2.45, 2.75) is 5.41 Å². The van der Waals surface area contributed by atoms with Gasteiger partial charge in [0.25, 0.3) is 0 Å². The SMILES string of the molecule is c1ccc(C2(c3ccccc3)c3ccccc3-c3ccc(Nc4ccc(-c5ccc6ccccc6c5)cc4)cc32)cc1. The van der Waals surface area contributed by atoms with E-state index in [1.165, 1.54) is 55.3 Å². The van der Waals surface area contributed by atoms with Crippen molar-refractivity contribution in [1.82, 2.24) is 0 Å². The van der Waals surface area contributed by atoms with Crippen molar-refractivity contribution in [3.05, 3.63) is 192 Å². The first kappa shape index (κ1) is 24.4. The second kappa shape index (κ2) is 9.90. The molecule has 0 fully saturated rings. The maximum atomic E-state index is 3.71. The summed E-state index contributed by atoms with van der Waals surface area (Å²) in [6.45, 7) is 0. The third-order valence-electron chi connectivity index (χ3n) is 8.71. The topological polar surface area (TPSA) is 12.0 Å². The lowest BCUT2D eigenvalue weighted by Gasteiger charge is -2.34. The van der Waals surface area contributed by atoms with Crippen molar-refractivity contribution in [2.75, 3.05) is 5.32 Å². The van der Waals surface area contributed by atoms with Crippen LogP contribution in [0.5, 0.6) is 0 Å². The van der Waals surface area contributed by atoms with E-state index in [9.17, 15) is 0 Å². The fraction of sp³-hybridized carbons (Fsp3) is 0.0244. The van der Waals surface area contributed by atoms with Gasteiger partial charge in [0.1, 0.15) is 0 Å². The van der Waals surface area contributed by atoms with Gasteiger partial charge in [-0.1, -0.05) is 140 Å². The summed E-state index contributed by atoms with van der Waals surface area (Å²) in [6.07, 6.45) is 0. The molecule has 1 nitrogen and oxygen atoms in total. The lowest BCUT2D eigenvalue weighted by atomic mass is 9.67. The molecule has 1 aliphatic carbocycles. The van der Waals surface area contributed by atoms with E-state index in [1.807, 2.05) is 0 Å². The smallest absolute Gasteiger partial charge is 0.0714 e. The quantitative estimate of drug-likeness (QED) is 0.231. The molecule has 0 aliphatic heterocycles. The second-order valence-corrected chi connectivity index (χ2v) is 11.1. The average molecular weight is 536 g/mol. The van der Waals surface area contributed by atoms with Gasteiger partial charge in [0, 0.05) is 11.4 Å². The molecule has 0 spiro atoms. The van der Waals surface area contributed by atoms with Gasteiger partial charge in [0.2, 0.25) is 0 Å². The Morgan fingerprint density at radius 2 is 0.929 bits per heavy atom. The standard InChI is InChI=1S/C41H29N/c1-3-13-33(14-4-1)41(34-15-5-2-6-16-34)39-18-10-9-17-37(39)38-26-25-36(28-40(38)41)42-35-23-21-30(22-24-35)32-20-19-29-11-7-8-12-31(29)27-32/h1-28,42H. The number of fused-ring (bicyclic) bond motifs is 4. The van der Waals surface area contributed by atoms with E-state index in [0.29, 0.717) is 0 Å². The monoisotopic (exact) mass is 535 g/mol. The highest BCUT2D eigenvalue weighted by atomic mass is 14.9. The molecule has 0 saturated carbocycles. The Hall–Kier alpha value is -5.40. The molecule has 0 radical (unpaired) electrons. The zero-order chi connectivity index (χ0) is 27.9. The van der Waals surface area contributed by atoms with E-state index in [-0.39, 0.29) is 0 Å². The number of nitrogens with one attached hydrogen (secondary N) is 1. The highest BCUT2D eigenvalue weighted by Crippen LogP contribution is 2.56. The summed E-state index contributed by atoms with van der Waals surface area (Å²) in [5.41, 5.74) is 12.0. The number of benzene rings is 7. The predicted molar refractivity (Wildman–Crippen MR) is 176 cm³/mol. The van der Waals surface area contributed by atoms with Crippen molar-refractivity contribution in [3.8, 4) is 22.3 Å². The number of hydrogen-bond donors (Lipinski definition) is 1. The molecule has 0 bridgehead atoms. The minimum atomic E-state index is -0.397. The third-order valence-corrected chi connectivity index (χ3v) is 8.71. The molecule has 0 aromatic heterocycles. The maximum absolute atomic E-state index is 3.71. The first-order valence-corrected chi connectivity index (χ1v) is 14.5. The lowest BCUT2D eigenvalue weighted by Crippen LogP contribution is -2.28. The molecule has 0 atom stereocenters. The van der Waals surface area contributed by atoms with Gasteiger partial charge in [-0.2, -0.15) is 0 Å². The van der Waals surface area contributed by atoms with Crippen LogP contribution < -0.4 is 5.32 Å². The molecule has 0 heterocycles. The summed E-state index contributed by atoms with van der Waals surface area (Å²) in [4.78, 5) is 0. The van der Waals surface area contributed by atoms with Crippen molar-refractivity contribution < 1.29 is 0 Å². The first-order chi connectivity index (χ1) is 20.8. The van der Waals surface area contributed by atoms with Crippen LogP contribution in [0.1, 0.15) is 22.3 Å². The van der Waals surface area contributed by atoms with Gasteiger partial charge in [0.15, 0.2) is 0 Å².